The number of carbonyl (C=O) groups is 1. The zero-order chi connectivity index (χ0) is 10.8. The molecule has 2 N–H and O–H groups in total. The maximum atomic E-state index is 11.1. The van der Waals surface area contributed by atoms with Gasteiger partial charge in [-0.05, 0) is 25.2 Å². The summed E-state index contributed by atoms with van der Waals surface area (Å²) in [5.74, 6) is 0.0843. The molecule has 86 valence electrons. The Morgan fingerprint density at radius 1 is 1.47 bits per heavy atom. The Kier molecular flexibility index (Phi) is 3.26. The summed E-state index contributed by atoms with van der Waals surface area (Å²) in [6.45, 7) is 4.67. The average molecular weight is 212 g/mol. The molecule has 1 aliphatic heterocycles. The molecule has 0 aromatic carbocycles. The van der Waals surface area contributed by atoms with Crippen LogP contribution in [-0.4, -0.2) is 47.7 Å². The van der Waals surface area contributed by atoms with Gasteiger partial charge in [0, 0.05) is 25.7 Å². The zero-order valence-electron chi connectivity index (χ0n) is 9.28. The molecule has 1 saturated heterocycles. The summed E-state index contributed by atoms with van der Waals surface area (Å²) in [6, 6.07) is 0.192. The Balaban J connectivity index is 2.01. The second kappa shape index (κ2) is 4.49. The Morgan fingerprint density at radius 3 is 2.87 bits per heavy atom. The van der Waals surface area contributed by atoms with E-state index in [0.717, 1.165) is 19.0 Å². The van der Waals surface area contributed by atoms with Crippen LogP contribution in [0.4, 0.5) is 0 Å². The molecule has 3 atom stereocenters. The number of hydrogen-bond donors (Lipinski definition) is 2. The molecule has 0 aromatic heterocycles. The highest BCUT2D eigenvalue weighted by Crippen LogP contribution is 2.30. The first kappa shape index (κ1) is 10.9. The fourth-order valence-electron chi connectivity index (χ4n) is 2.86. The quantitative estimate of drug-likeness (QED) is 0.701. The molecular weight excluding hydrogens is 192 g/mol. The summed E-state index contributed by atoms with van der Waals surface area (Å²) in [7, 11) is 0. The molecule has 0 radical (unpaired) electrons. The number of piperazine rings is 1. The molecule has 1 heterocycles. The van der Waals surface area contributed by atoms with Gasteiger partial charge in [-0.25, -0.2) is 0 Å². The van der Waals surface area contributed by atoms with Gasteiger partial charge in [0.15, 0.2) is 0 Å². The normalized spacial score (nSPS) is 38.1. The Hall–Kier alpha value is -0.610. The van der Waals surface area contributed by atoms with Crippen molar-refractivity contribution in [2.45, 2.75) is 38.3 Å². The number of aliphatic carboxylic acids is 1. The van der Waals surface area contributed by atoms with E-state index in [2.05, 4.69) is 17.1 Å². The molecular formula is C11H20N2O2. The zero-order valence-corrected chi connectivity index (χ0v) is 9.28. The molecule has 4 nitrogen and oxygen atoms in total. The van der Waals surface area contributed by atoms with Crippen LogP contribution in [0.25, 0.3) is 0 Å². The van der Waals surface area contributed by atoms with Gasteiger partial charge in [-0.1, -0.05) is 6.92 Å². The van der Waals surface area contributed by atoms with Crippen molar-refractivity contribution in [1.82, 2.24) is 10.2 Å². The van der Waals surface area contributed by atoms with Crippen LogP contribution in [0.2, 0.25) is 0 Å². The molecule has 1 saturated carbocycles. The summed E-state index contributed by atoms with van der Waals surface area (Å²) in [4.78, 5) is 13.3. The standard InChI is InChI=1S/C11H20N2O2/c1-8-2-3-9(6-8)13-5-4-12-7-10(13)11(14)15/h8-10,12H,2-7H2,1H3,(H,14,15). The van der Waals surface area contributed by atoms with E-state index in [0.29, 0.717) is 12.6 Å². The lowest BCUT2D eigenvalue weighted by atomic mass is 10.1. The number of rotatable bonds is 2. The van der Waals surface area contributed by atoms with Crippen LogP contribution in [0.3, 0.4) is 0 Å². The van der Waals surface area contributed by atoms with E-state index < -0.39 is 5.97 Å². The maximum Gasteiger partial charge on any atom is 0.322 e. The van der Waals surface area contributed by atoms with E-state index in [4.69, 9.17) is 5.11 Å². The number of carboxylic acid groups (broad SMARTS) is 1. The minimum Gasteiger partial charge on any atom is -0.480 e. The number of nitrogens with zero attached hydrogens (tertiary/aromatic N) is 1. The van der Waals surface area contributed by atoms with Crippen LogP contribution in [-0.2, 0) is 4.79 Å². The Bertz CT molecular complexity index is 245. The van der Waals surface area contributed by atoms with Crippen molar-refractivity contribution < 1.29 is 9.90 Å². The summed E-state index contributed by atoms with van der Waals surface area (Å²) < 4.78 is 0. The van der Waals surface area contributed by atoms with E-state index in [1.165, 1.54) is 19.3 Å². The van der Waals surface area contributed by atoms with Crippen LogP contribution >= 0.6 is 0 Å². The van der Waals surface area contributed by atoms with Gasteiger partial charge in [0.25, 0.3) is 0 Å². The van der Waals surface area contributed by atoms with Crippen molar-refractivity contribution >= 4 is 5.97 Å². The van der Waals surface area contributed by atoms with Gasteiger partial charge in [-0.2, -0.15) is 0 Å². The number of nitrogens with one attached hydrogen (secondary N) is 1. The van der Waals surface area contributed by atoms with Crippen molar-refractivity contribution in [1.29, 1.82) is 0 Å². The van der Waals surface area contributed by atoms with Crippen LogP contribution in [0.5, 0.6) is 0 Å². The molecule has 0 aromatic rings. The van der Waals surface area contributed by atoms with Gasteiger partial charge in [0.1, 0.15) is 6.04 Å². The summed E-state index contributed by atoms with van der Waals surface area (Å²) in [5, 5.41) is 12.3. The molecule has 2 aliphatic rings. The van der Waals surface area contributed by atoms with E-state index in [1.54, 1.807) is 0 Å². The topological polar surface area (TPSA) is 52.6 Å². The molecule has 0 spiro atoms. The average Bonchev–Trinajstić information content (AvgIpc) is 2.65. The van der Waals surface area contributed by atoms with Crippen molar-refractivity contribution in [2.75, 3.05) is 19.6 Å². The number of carboxylic acids is 1. The minimum absolute atomic E-state index is 0.311. The minimum atomic E-state index is -0.679. The Labute approximate surface area is 90.6 Å². The maximum absolute atomic E-state index is 11.1. The first-order valence-electron chi connectivity index (χ1n) is 5.87. The van der Waals surface area contributed by atoms with Crippen molar-refractivity contribution in [2.24, 2.45) is 5.92 Å². The largest absolute Gasteiger partial charge is 0.480 e. The summed E-state index contributed by atoms with van der Waals surface area (Å²) in [6.07, 6.45) is 3.59. The monoisotopic (exact) mass is 212 g/mol. The fraction of sp³-hybridized carbons (Fsp3) is 0.909. The molecule has 0 bridgehead atoms. The van der Waals surface area contributed by atoms with Crippen molar-refractivity contribution in [3.8, 4) is 0 Å². The third-order valence-electron chi connectivity index (χ3n) is 3.71. The highest BCUT2D eigenvalue weighted by Gasteiger charge is 2.36. The van der Waals surface area contributed by atoms with Gasteiger partial charge in [-0.3, -0.25) is 9.69 Å². The molecule has 3 unspecified atom stereocenters. The predicted octanol–water partition coefficient (Wildman–Crippen LogP) is 0.533. The van der Waals surface area contributed by atoms with Crippen molar-refractivity contribution in [3.63, 3.8) is 0 Å². The second-order valence-electron chi connectivity index (χ2n) is 4.87. The smallest absolute Gasteiger partial charge is 0.322 e. The highest BCUT2D eigenvalue weighted by atomic mass is 16.4. The van der Waals surface area contributed by atoms with Gasteiger partial charge in [0.05, 0.1) is 0 Å². The van der Waals surface area contributed by atoms with Crippen LogP contribution in [0.15, 0.2) is 0 Å². The lowest BCUT2D eigenvalue weighted by Crippen LogP contribution is -2.57. The molecule has 2 rings (SSSR count). The van der Waals surface area contributed by atoms with Gasteiger partial charge in [-0.15, -0.1) is 0 Å². The molecule has 1 aliphatic carbocycles. The summed E-state index contributed by atoms with van der Waals surface area (Å²) >= 11 is 0. The first-order chi connectivity index (χ1) is 7.18. The Morgan fingerprint density at radius 2 is 2.27 bits per heavy atom. The predicted molar refractivity (Wildman–Crippen MR) is 57.8 cm³/mol. The third kappa shape index (κ3) is 2.32. The second-order valence-corrected chi connectivity index (χ2v) is 4.87. The molecule has 0 amide bonds. The SMILES string of the molecule is CC1CCC(N2CCNCC2C(=O)O)C1. The van der Waals surface area contributed by atoms with Gasteiger partial charge < -0.3 is 10.4 Å². The molecule has 4 heteroatoms. The lowest BCUT2D eigenvalue weighted by Gasteiger charge is -2.37. The fourth-order valence-corrected chi connectivity index (χ4v) is 2.86. The van der Waals surface area contributed by atoms with Gasteiger partial charge in [0.2, 0.25) is 0 Å². The summed E-state index contributed by atoms with van der Waals surface area (Å²) in [5.41, 5.74) is 0. The van der Waals surface area contributed by atoms with E-state index >= 15 is 0 Å². The van der Waals surface area contributed by atoms with Crippen LogP contribution in [0.1, 0.15) is 26.2 Å². The van der Waals surface area contributed by atoms with E-state index in [1.807, 2.05) is 0 Å². The number of hydrogen-bond acceptors (Lipinski definition) is 3. The van der Waals surface area contributed by atoms with Gasteiger partial charge >= 0.3 is 5.97 Å². The van der Waals surface area contributed by atoms with Crippen LogP contribution < -0.4 is 5.32 Å². The van der Waals surface area contributed by atoms with Crippen LogP contribution in [0, 0.1) is 5.92 Å². The third-order valence-corrected chi connectivity index (χ3v) is 3.71. The van der Waals surface area contributed by atoms with Crippen molar-refractivity contribution in [3.05, 3.63) is 0 Å². The highest BCUT2D eigenvalue weighted by molar-refractivity contribution is 5.74. The van der Waals surface area contributed by atoms with E-state index in [9.17, 15) is 4.79 Å². The lowest BCUT2D eigenvalue weighted by molar-refractivity contribution is -0.145. The first-order valence-corrected chi connectivity index (χ1v) is 5.87. The molecule has 15 heavy (non-hydrogen) atoms. The van der Waals surface area contributed by atoms with E-state index in [-0.39, 0.29) is 6.04 Å². The molecule has 2 fully saturated rings.